The molecule has 4 nitrogen and oxygen atoms in total. The van der Waals surface area contributed by atoms with Crippen molar-refractivity contribution in [2.75, 3.05) is 19.7 Å². The predicted octanol–water partition coefficient (Wildman–Crippen LogP) is 3.60. The summed E-state index contributed by atoms with van der Waals surface area (Å²) in [4.78, 5) is 27.2. The van der Waals surface area contributed by atoms with Gasteiger partial charge in [-0.2, -0.15) is 0 Å². The van der Waals surface area contributed by atoms with Gasteiger partial charge in [-0.15, -0.1) is 0 Å². The molecule has 1 aliphatic heterocycles. The van der Waals surface area contributed by atoms with Crippen LogP contribution in [0.25, 0.3) is 11.1 Å². The fraction of sp³-hybridized carbons (Fsp3) is 0.364. The van der Waals surface area contributed by atoms with Crippen LogP contribution >= 0.6 is 0 Å². The van der Waals surface area contributed by atoms with Crippen LogP contribution in [0.1, 0.15) is 36.8 Å². The average molecular weight is 349 g/mol. The maximum absolute atomic E-state index is 13.3. The maximum atomic E-state index is 13.3. The fourth-order valence-electron chi connectivity index (χ4n) is 4.20. The second kappa shape index (κ2) is 6.94. The van der Waals surface area contributed by atoms with Crippen LogP contribution in [0.5, 0.6) is 0 Å². The van der Waals surface area contributed by atoms with E-state index < -0.39 is 0 Å². The number of hydrogen-bond acceptors (Lipinski definition) is 3. The van der Waals surface area contributed by atoms with E-state index in [1.54, 1.807) is 0 Å². The van der Waals surface area contributed by atoms with Gasteiger partial charge in [0.05, 0.1) is 18.4 Å². The highest BCUT2D eigenvalue weighted by atomic mass is 16.5. The number of carbonyl (C=O) groups is 2. The first-order valence-corrected chi connectivity index (χ1v) is 9.34. The van der Waals surface area contributed by atoms with E-state index in [1.807, 2.05) is 36.1 Å². The minimum Gasteiger partial charge on any atom is -0.466 e. The van der Waals surface area contributed by atoms with Gasteiger partial charge in [-0.1, -0.05) is 48.5 Å². The lowest BCUT2D eigenvalue weighted by atomic mass is 9.92. The van der Waals surface area contributed by atoms with Crippen LogP contribution < -0.4 is 0 Å². The highest BCUT2D eigenvalue weighted by molar-refractivity contribution is 5.96. The van der Waals surface area contributed by atoms with Crippen molar-refractivity contribution in [1.82, 2.24) is 4.90 Å². The summed E-state index contributed by atoms with van der Waals surface area (Å²) >= 11 is 0. The molecule has 0 atom stereocenters. The Morgan fingerprint density at radius 2 is 1.50 bits per heavy atom. The second-order valence-electron chi connectivity index (χ2n) is 6.96. The number of fused-ring (bicyclic) bond motifs is 3. The Kier molecular flexibility index (Phi) is 4.49. The fourth-order valence-corrected chi connectivity index (χ4v) is 4.20. The number of nitrogens with zero attached hydrogens (tertiary/aromatic N) is 1. The molecule has 1 aliphatic carbocycles. The summed E-state index contributed by atoms with van der Waals surface area (Å²) in [5.41, 5.74) is 4.49. The number of amides is 1. The molecule has 2 aliphatic rings. The second-order valence-corrected chi connectivity index (χ2v) is 6.96. The van der Waals surface area contributed by atoms with Gasteiger partial charge in [0, 0.05) is 13.1 Å². The van der Waals surface area contributed by atoms with E-state index in [0.29, 0.717) is 32.5 Å². The van der Waals surface area contributed by atoms with Gasteiger partial charge < -0.3 is 9.64 Å². The van der Waals surface area contributed by atoms with E-state index >= 15 is 0 Å². The van der Waals surface area contributed by atoms with Gasteiger partial charge in [0.15, 0.2) is 0 Å². The van der Waals surface area contributed by atoms with Crippen molar-refractivity contribution in [3.63, 3.8) is 0 Å². The number of esters is 1. The van der Waals surface area contributed by atoms with Crippen LogP contribution in [0.15, 0.2) is 48.5 Å². The van der Waals surface area contributed by atoms with Gasteiger partial charge in [-0.05, 0) is 42.0 Å². The Morgan fingerprint density at radius 1 is 0.962 bits per heavy atom. The Morgan fingerprint density at radius 3 is 2.04 bits per heavy atom. The van der Waals surface area contributed by atoms with Gasteiger partial charge in [0.2, 0.25) is 5.91 Å². The molecule has 1 amide bonds. The zero-order valence-corrected chi connectivity index (χ0v) is 15.0. The third-order valence-corrected chi connectivity index (χ3v) is 5.51. The van der Waals surface area contributed by atoms with Crippen molar-refractivity contribution in [3.8, 4) is 11.1 Å². The van der Waals surface area contributed by atoms with Gasteiger partial charge in [-0.3, -0.25) is 9.59 Å². The number of rotatable bonds is 3. The van der Waals surface area contributed by atoms with Crippen molar-refractivity contribution in [2.24, 2.45) is 5.92 Å². The van der Waals surface area contributed by atoms with Crippen molar-refractivity contribution in [3.05, 3.63) is 59.7 Å². The zero-order chi connectivity index (χ0) is 18.1. The van der Waals surface area contributed by atoms with Crippen LogP contribution in [0, 0.1) is 5.92 Å². The van der Waals surface area contributed by atoms with Crippen LogP contribution in [0.3, 0.4) is 0 Å². The van der Waals surface area contributed by atoms with Gasteiger partial charge in [0.25, 0.3) is 0 Å². The molecule has 0 aromatic heterocycles. The predicted molar refractivity (Wildman–Crippen MR) is 99.7 cm³/mol. The molecule has 0 spiro atoms. The van der Waals surface area contributed by atoms with Gasteiger partial charge >= 0.3 is 5.97 Å². The molecule has 0 saturated carbocycles. The molecule has 2 aromatic carbocycles. The molecule has 26 heavy (non-hydrogen) atoms. The molecule has 0 N–H and O–H groups in total. The monoisotopic (exact) mass is 349 g/mol. The summed E-state index contributed by atoms with van der Waals surface area (Å²) < 4.78 is 5.13. The minimum absolute atomic E-state index is 0.0813. The van der Waals surface area contributed by atoms with Crippen LogP contribution in [0.2, 0.25) is 0 Å². The van der Waals surface area contributed by atoms with E-state index in [9.17, 15) is 9.59 Å². The normalized spacial score (nSPS) is 16.9. The van der Waals surface area contributed by atoms with Crippen LogP contribution in [-0.2, 0) is 14.3 Å². The molecule has 0 unspecified atom stereocenters. The van der Waals surface area contributed by atoms with Crippen molar-refractivity contribution >= 4 is 11.9 Å². The van der Waals surface area contributed by atoms with E-state index in [0.717, 1.165) is 22.3 Å². The highest BCUT2D eigenvalue weighted by Crippen LogP contribution is 2.45. The summed E-state index contributed by atoms with van der Waals surface area (Å²) in [7, 11) is 0. The Bertz CT molecular complexity index is 791. The van der Waals surface area contributed by atoms with Gasteiger partial charge in [0.1, 0.15) is 0 Å². The van der Waals surface area contributed by atoms with Gasteiger partial charge in [-0.25, -0.2) is 0 Å². The first-order valence-electron chi connectivity index (χ1n) is 9.34. The van der Waals surface area contributed by atoms with E-state index in [-0.39, 0.29) is 23.7 Å². The first-order chi connectivity index (χ1) is 12.7. The largest absolute Gasteiger partial charge is 0.466 e. The number of benzene rings is 2. The molecular formula is C22H23NO3. The molecule has 4 heteroatoms. The standard InChI is InChI=1S/C22H23NO3/c1-2-26-22(25)15-11-13-23(14-12-15)21(24)20-18-9-5-3-7-16(18)17-8-4-6-10-19(17)20/h3-10,15,20H,2,11-14H2,1H3. The molecule has 1 heterocycles. The zero-order valence-electron chi connectivity index (χ0n) is 15.0. The number of piperidine rings is 1. The molecule has 4 rings (SSSR count). The van der Waals surface area contributed by atoms with E-state index in [2.05, 4.69) is 24.3 Å². The third-order valence-electron chi connectivity index (χ3n) is 5.51. The number of carbonyl (C=O) groups excluding carboxylic acids is 2. The average Bonchev–Trinajstić information content (AvgIpc) is 3.02. The molecule has 2 aromatic rings. The van der Waals surface area contributed by atoms with E-state index in [1.165, 1.54) is 0 Å². The lowest BCUT2D eigenvalue weighted by Gasteiger charge is -2.33. The number of likely N-dealkylation sites (tertiary alicyclic amines) is 1. The Labute approximate surface area is 153 Å². The summed E-state index contributed by atoms with van der Waals surface area (Å²) in [6.45, 7) is 3.46. The third kappa shape index (κ3) is 2.79. The maximum Gasteiger partial charge on any atom is 0.309 e. The summed E-state index contributed by atoms with van der Waals surface area (Å²) in [6.07, 6.45) is 1.36. The van der Waals surface area contributed by atoms with E-state index in [4.69, 9.17) is 4.74 Å². The van der Waals surface area contributed by atoms with Crippen LogP contribution in [-0.4, -0.2) is 36.5 Å². The van der Waals surface area contributed by atoms with Crippen molar-refractivity contribution in [2.45, 2.75) is 25.7 Å². The molecule has 134 valence electrons. The quantitative estimate of drug-likeness (QED) is 0.796. The SMILES string of the molecule is CCOC(=O)C1CCN(C(=O)C2c3ccccc3-c3ccccc32)CC1. The first kappa shape index (κ1) is 16.8. The number of hydrogen-bond donors (Lipinski definition) is 0. The lowest BCUT2D eigenvalue weighted by Crippen LogP contribution is -2.42. The molecule has 1 saturated heterocycles. The summed E-state index contributed by atoms with van der Waals surface area (Å²) in [5, 5.41) is 0. The molecular weight excluding hydrogens is 326 g/mol. The molecule has 0 bridgehead atoms. The van der Waals surface area contributed by atoms with Crippen molar-refractivity contribution < 1.29 is 14.3 Å². The smallest absolute Gasteiger partial charge is 0.309 e. The molecule has 0 radical (unpaired) electrons. The highest BCUT2D eigenvalue weighted by Gasteiger charge is 2.37. The Balaban J connectivity index is 1.55. The van der Waals surface area contributed by atoms with Crippen LogP contribution in [0.4, 0.5) is 0 Å². The Hall–Kier alpha value is -2.62. The summed E-state index contributed by atoms with van der Waals surface area (Å²) in [5.74, 6) is -0.301. The minimum atomic E-state index is -0.235. The number of ether oxygens (including phenoxy) is 1. The topological polar surface area (TPSA) is 46.6 Å². The summed E-state index contributed by atoms with van der Waals surface area (Å²) in [6, 6.07) is 16.3. The molecule has 1 fully saturated rings. The lowest BCUT2D eigenvalue weighted by molar-refractivity contribution is -0.151. The van der Waals surface area contributed by atoms with Crippen molar-refractivity contribution in [1.29, 1.82) is 0 Å².